The van der Waals surface area contributed by atoms with Crippen LogP contribution in [-0.4, -0.2) is 48.5 Å². The van der Waals surface area contributed by atoms with E-state index in [0.29, 0.717) is 13.0 Å². The van der Waals surface area contributed by atoms with Gasteiger partial charge in [-0.2, -0.15) is 0 Å². The average molecular weight is 267 g/mol. The molecule has 0 aliphatic rings. The van der Waals surface area contributed by atoms with E-state index in [2.05, 4.69) is 19.1 Å². The maximum Gasteiger partial charge on any atom is 0.123 e. The second-order valence-electron chi connectivity index (χ2n) is 4.76. The second-order valence-corrected chi connectivity index (χ2v) is 4.76. The fourth-order valence-electron chi connectivity index (χ4n) is 2.17. The normalized spacial score (nSPS) is 12.7. The lowest BCUT2D eigenvalue weighted by Crippen LogP contribution is -2.35. The van der Waals surface area contributed by atoms with Gasteiger partial charge in [-0.15, -0.1) is 0 Å². The lowest BCUT2D eigenvalue weighted by atomic mass is 10.1. The second kappa shape index (κ2) is 8.15. The number of aryl methyl sites for hydroxylation is 1. The molecule has 2 N–H and O–H groups in total. The first-order chi connectivity index (χ1) is 9.15. The van der Waals surface area contributed by atoms with E-state index in [9.17, 15) is 5.11 Å². The Kier molecular flexibility index (Phi) is 6.84. The molecule has 4 heteroatoms. The minimum absolute atomic E-state index is 0.0278. The molecule has 0 bridgehead atoms. The monoisotopic (exact) mass is 267 g/mol. The highest BCUT2D eigenvalue weighted by molar-refractivity contribution is 5.37. The molecule has 108 valence electrons. The van der Waals surface area contributed by atoms with Crippen LogP contribution in [0.3, 0.4) is 0 Å². The van der Waals surface area contributed by atoms with Gasteiger partial charge in [0.25, 0.3) is 0 Å². The van der Waals surface area contributed by atoms with Gasteiger partial charge in [-0.05, 0) is 31.5 Å². The third kappa shape index (κ3) is 4.49. The summed E-state index contributed by atoms with van der Waals surface area (Å²) in [5, 5.41) is 18.4. The van der Waals surface area contributed by atoms with Crippen molar-refractivity contribution < 1.29 is 14.9 Å². The Morgan fingerprint density at radius 1 is 1.32 bits per heavy atom. The Labute approximate surface area is 115 Å². The predicted octanol–water partition coefficient (Wildman–Crippen LogP) is 1.43. The summed E-state index contributed by atoms with van der Waals surface area (Å²) in [7, 11) is 3.62. The minimum Gasteiger partial charge on any atom is -0.496 e. The Hall–Kier alpha value is -1.10. The summed E-state index contributed by atoms with van der Waals surface area (Å²) >= 11 is 0. The summed E-state index contributed by atoms with van der Waals surface area (Å²) in [4.78, 5) is 2.05. The number of ether oxygens (including phenoxy) is 1. The molecule has 0 aliphatic carbocycles. The maximum atomic E-state index is 9.35. The van der Waals surface area contributed by atoms with Gasteiger partial charge >= 0.3 is 0 Å². The number of methoxy groups -OCH3 is 1. The number of hydrogen-bond donors (Lipinski definition) is 2. The summed E-state index contributed by atoms with van der Waals surface area (Å²) in [5.74, 6) is 0.865. The number of likely N-dealkylation sites (N-methyl/N-ethyl adjacent to an activating group) is 1. The van der Waals surface area contributed by atoms with E-state index >= 15 is 0 Å². The summed E-state index contributed by atoms with van der Waals surface area (Å²) in [6.07, 6.45) is 1.56. The fourth-order valence-corrected chi connectivity index (χ4v) is 2.17. The summed E-state index contributed by atoms with van der Waals surface area (Å²) in [5.41, 5.74) is 2.38. The molecule has 0 spiro atoms. The molecule has 0 saturated carbocycles. The molecule has 1 aromatic carbocycles. The number of rotatable bonds is 8. The highest BCUT2D eigenvalue weighted by atomic mass is 16.5. The zero-order valence-corrected chi connectivity index (χ0v) is 12.1. The van der Waals surface area contributed by atoms with Crippen LogP contribution in [-0.2, 0) is 13.0 Å². The van der Waals surface area contributed by atoms with E-state index in [1.165, 1.54) is 5.56 Å². The van der Waals surface area contributed by atoms with Crippen molar-refractivity contribution in [3.05, 3.63) is 29.3 Å². The van der Waals surface area contributed by atoms with Gasteiger partial charge in [-0.1, -0.05) is 19.1 Å². The lowest BCUT2D eigenvalue weighted by molar-refractivity contribution is 0.114. The van der Waals surface area contributed by atoms with Gasteiger partial charge in [0.05, 0.1) is 13.7 Å². The molecule has 0 aromatic heterocycles. The van der Waals surface area contributed by atoms with Crippen LogP contribution in [0.1, 0.15) is 24.5 Å². The molecule has 19 heavy (non-hydrogen) atoms. The van der Waals surface area contributed by atoms with Gasteiger partial charge in [0, 0.05) is 24.8 Å². The molecule has 1 atom stereocenters. The number of hydrogen-bond acceptors (Lipinski definition) is 4. The van der Waals surface area contributed by atoms with Gasteiger partial charge in [0.1, 0.15) is 5.75 Å². The molecule has 0 amide bonds. The van der Waals surface area contributed by atoms with Crippen LogP contribution >= 0.6 is 0 Å². The number of benzene rings is 1. The van der Waals surface area contributed by atoms with Gasteiger partial charge < -0.3 is 14.9 Å². The standard InChI is InChI=1S/C15H25NO3/c1-4-12-5-6-15(19-3)13(9-12)10-16(2)14(11-18)7-8-17/h5-6,9,14,17-18H,4,7-8,10-11H2,1-3H3. The van der Waals surface area contributed by atoms with E-state index < -0.39 is 0 Å². The zero-order valence-electron chi connectivity index (χ0n) is 12.1. The molecule has 1 rings (SSSR count). The van der Waals surface area contributed by atoms with E-state index in [4.69, 9.17) is 9.84 Å². The van der Waals surface area contributed by atoms with Crippen molar-refractivity contribution >= 4 is 0 Å². The Balaban J connectivity index is 2.84. The van der Waals surface area contributed by atoms with Crippen LogP contribution in [0.5, 0.6) is 5.75 Å². The Bertz CT molecular complexity index is 382. The van der Waals surface area contributed by atoms with Crippen LogP contribution in [0, 0.1) is 0 Å². The number of nitrogens with zero attached hydrogens (tertiary/aromatic N) is 1. The van der Waals surface area contributed by atoms with Crippen LogP contribution in [0.4, 0.5) is 0 Å². The van der Waals surface area contributed by atoms with Gasteiger partial charge in [-0.3, -0.25) is 4.90 Å². The van der Waals surface area contributed by atoms with Crippen molar-refractivity contribution in [2.24, 2.45) is 0 Å². The molecular weight excluding hydrogens is 242 g/mol. The highest BCUT2D eigenvalue weighted by Crippen LogP contribution is 2.22. The third-order valence-electron chi connectivity index (χ3n) is 3.47. The summed E-state index contributed by atoms with van der Waals surface area (Å²) in [6.45, 7) is 2.95. The molecule has 0 radical (unpaired) electrons. The van der Waals surface area contributed by atoms with E-state index in [1.807, 2.05) is 18.0 Å². The topological polar surface area (TPSA) is 52.9 Å². The quantitative estimate of drug-likeness (QED) is 0.748. The first-order valence-electron chi connectivity index (χ1n) is 6.74. The van der Waals surface area contributed by atoms with Gasteiger partial charge in [0.15, 0.2) is 0 Å². The van der Waals surface area contributed by atoms with Crippen LogP contribution in [0.25, 0.3) is 0 Å². The van der Waals surface area contributed by atoms with Crippen molar-refractivity contribution in [3.8, 4) is 5.75 Å². The molecule has 1 unspecified atom stereocenters. The Morgan fingerprint density at radius 3 is 2.58 bits per heavy atom. The maximum absolute atomic E-state index is 9.35. The molecular formula is C15H25NO3. The van der Waals surface area contributed by atoms with E-state index in [1.54, 1.807) is 7.11 Å². The summed E-state index contributed by atoms with van der Waals surface area (Å²) < 4.78 is 5.38. The lowest BCUT2D eigenvalue weighted by Gasteiger charge is -2.26. The molecule has 1 aromatic rings. The van der Waals surface area contributed by atoms with E-state index in [-0.39, 0.29) is 19.3 Å². The highest BCUT2D eigenvalue weighted by Gasteiger charge is 2.15. The first kappa shape index (κ1) is 16.0. The first-order valence-corrected chi connectivity index (χ1v) is 6.74. The minimum atomic E-state index is -0.0278. The van der Waals surface area contributed by atoms with Crippen molar-refractivity contribution in [1.82, 2.24) is 4.90 Å². The van der Waals surface area contributed by atoms with Crippen molar-refractivity contribution in [1.29, 1.82) is 0 Å². The number of aliphatic hydroxyl groups is 2. The molecule has 0 fully saturated rings. The predicted molar refractivity (Wildman–Crippen MR) is 76.4 cm³/mol. The SMILES string of the molecule is CCc1ccc(OC)c(CN(C)C(CO)CCO)c1. The van der Waals surface area contributed by atoms with Crippen LogP contribution < -0.4 is 4.74 Å². The fraction of sp³-hybridized carbons (Fsp3) is 0.600. The van der Waals surface area contributed by atoms with E-state index in [0.717, 1.165) is 17.7 Å². The average Bonchev–Trinajstić information content (AvgIpc) is 2.44. The van der Waals surface area contributed by atoms with Crippen molar-refractivity contribution in [2.45, 2.75) is 32.4 Å². The van der Waals surface area contributed by atoms with Crippen molar-refractivity contribution in [3.63, 3.8) is 0 Å². The number of aliphatic hydroxyl groups excluding tert-OH is 2. The van der Waals surface area contributed by atoms with Crippen LogP contribution in [0.15, 0.2) is 18.2 Å². The zero-order chi connectivity index (χ0) is 14.3. The summed E-state index contributed by atoms with van der Waals surface area (Å²) in [6, 6.07) is 6.17. The largest absolute Gasteiger partial charge is 0.496 e. The molecule has 0 aliphatic heterocycles. The van der Waals surface area contributed by atoms with Gasteiger partial charge in [-0.25, -0.2) is 0 Å². The van der Waals surface area contributed by atoms with Gasteiger partial charge in [0.2, 0.25) is 0 Å². The Morgan fingerprint density at radius 2 is 2.05 bits per heavy atom. The smallest absolute Gasteiger partial charge is 0.123 e. The molecule has 0 heterocycles. The molecule has 0 saturated heterocycles. The van der Waals surface area contributed by atoms with Crippen LogP contribution in [0.2, 0.25) is 0 Å². The van der Waals surface area contributed by atoms with Crippen molar-refractivity contribution in [2.75, 3.05) is 27.4 Å². The third-order valence-corrected chi connectivity index (χ3v) is 3.47. The molecule has 4 nitrogen and oxygen atoms in total.